The van der Waals surface area contributed by atoms with E-state index in [1.54, 1.807) is 0 Å². The molecular weight excluding hydrogens is 580 g/mol. The van der Waals surface area contributed by atoms with Gasteiger partial charge in [0.2, 0.25) is 0 Å². The average Bonchev–Trinajstić information content (AvgIpc) is 2.80. The Morgan fingerprint density at radius 3 is 1.64 bits per heavy atom. The standard InChI is InChI=1S/C16H22BrNOSi.C16H23NOSi/c1-11-7-8-12-13(17)9-10-14(15(12)18-11)19-20(5,6)16(2,3)4;1-12-10-11-13-8-7-9-14(15(13)17-12)18-19(5,6)16(2,3)4/h7-10H,1-6H3;7-11H,1-6H3. The van der Waals surface area contributed by atoms with Crippen molar-refractivity contribution < 1.29 is 8.85 Å². The van der Waals surface area contributed by atoms with Crippen LogP contribution in [-0.4, -0.2) is 26.6 Å². The smallest absolute Gasteiger partial charge is 0.250 e. The predicted octanol–water partition coefficient (Wildman–Crippen LogP) is 10.6. The Morgan fingerprint density at radius 2 is 1.10 bits per heavy atom. The molecule has 0 saturated carbocycles. The number of halogens is 1. The lowest BCUT2D eigenvalue weighted by molar-refractivity contribution is 0.495. The summed E-state index contributed by atoms with van der Waals surface area (Å²) in [7, 11) is -3.67. The van der Waals surface area contributed by atoms with E-state index in [4.69, 9.17) is 8.85 Å². The number of fused-ring (bicyclic) bond motifs is 2. The van der Waals surface area contributed by atoms with Crippen LogP contribution >= 0.6 is 15.9 Å². The molecule has 2 heterocycles. The molecule has 2 aromatic heterocycles. The van der Waals surface area contributed by atoms with E-state index in [1.165, 1.54) is 0 Å². The van der Waals surface area contributed by atoms with Crippen molar-refractivity contribution in [3.63, 3.8) is 0 Å². The number of hydrogen-bond donors (Lipinski definition) is 0. The minimum Gasteiger partial charge on any atom is -0.542 e. The highest BCUT2D eigenvalue weighted by atomic mass is 79.9. The van der Waals surface area contributed by atoms with Crippen LogP contribution in [0, 0.1) is 13.8 Å². The van der Waals surface area contributed by atoms with Gasteiger partial charge in [0.25, 0.3) is 16.6 Å². The highest BCUT2D eigenvalue weighted by molar-refractivity contribution is 9.10. The summed E-state index contributed by atoms with van der Waals surface area (Å²) in [4.78, 5) is 9.31. The third-order valence-corrected chi connectivity index (χ3v) is 17.4. The van der Waals surface area contributed by atoms with Crippen LogP contribution in [0.2, 0.25) is 36.3 Å². The maximum absolute atomic E-state index is 6.45. The minimum absolute atomic E-state index is 0.177. The van der Waals surface area contributed by atoms with Crippen molar-refractivity contribution in [1.29, 1.82) is 0 Å². The van der Waals surface area contributed by atoms with E-state index in [9.17, 15) is 0 Å². The Labute approximate surface area is 246 Å². The number of aromatic nitrogens is 2. The summed E-state index contributed by atoms with van der Waals surface area (Å²) in [5.74, 6) is 1.83. The zero-order valence-corrected chi connectivity index (χ0v) is 29.4. The molecule has 0 atom stereocenters. The number of pyridine rings is 2. The van der Waals surface area contributed by atoms with Gasteiger partial charge in [0.15, 0.2) is 0 Å². The third-order valence-electron chi connectivity index (χ3n) is 8.07. The topological polar surface area (TPSA) is 44.2 Å². The van der Waals surface area contributed by atoms with Gasteiger partial charge in [0.05, 0.1) is 0 Å². The minimum atomic E-state index is -1.85. The number of benzene rings is 2. The highest BCUT2D eigenvalue weighted by Gasteiger charge is 2.40. The van der Waals surface area contributed by atoms with Gasteiger partial charge in [-0.2, -0.15) is 0 Å². The summed E-state index contributed by atoms with van der Waals surface area (Å²) < 4.78 is 13.9. The molecule has 39 heavy (non-hydrogen) atoms. The predicted molar refractivity (Wildman–Crippen MR) is 176 cm³/mol. The molecule has 2 aromatic carbocycles. The lowest BCUT2D eigenvalue weighted by Crippen LogP contribution is -2.43. The fourth-order valence-corrected chi connectivity index (χ4v) is 5.99. The average molecular weight is 626 g/mol. The van der Waals surface area contributed by atoms with Crippen molar-refractivity contribution in [3.05, 3.63) is 70.5 Å². The van der Waals surface area contributed by atoms with Crippen LogP contribution in [0.5, 0.6) is 11.5 Å². The van der Waals surface area contributed by atoms with Gasteiger partial charge in [0, 0.05) is 26.6 Å². The number of hydrogen-bond acceptors (Lipinski definition) is 4. The monoisotopic (exact) mass is 624 g/mol. The molecule has 0 bridgehead atoms. The normalized spacial score (nSPS) is 12.7. The molecule has 0 N–H and O–H groups in total. The zero-order chi connectivity index (χ0) is 29.4. The van der Waals surface area contributed by atoms with Gasteiger partial charge in [-0.15, -0.1) is 0 Å². The molecule has 0 saturated heterocycles. The number of rotatable bonds is 4. The summed E-state index contributed by atoms with van der Waals surface area (Å²) in [6, 6.07) is 18.5. The highest BCUT2D eigenvalue weighted by Crippen LogP contribution is 2.40. The first-order valence-corrected chi connectivity index (χ1v) is 20.2. The van der Waals surface area contributed by atoms with Gasteiger partial charge in [-0.1, -0.05) is 75.7 Å². The van der Waals surface area contributed by atoms with E-state index in [1.807, 2.05) is 50.2 Å². The van der Waals surface area contributed by atoms with Gasteiger partial charge in [-0.3, -0.25) is 0 Å². The van der Waals surface area contributed by atoms with Crippen LogP contribution in [0.3, 0.4) is 0 Å². The quantitative estimate of drug-likeness (QED) is 0.212. The van der Waals surface area contributed by atoms with Gasteiger partial charge in [-0.05, 0) is 86.5 Å². The first-order chi connectivity index (χ1) is 17.8. The summed E-state index contributed by atoms with van der Waals surface area (Å²) in [5.41, 5.74) is 3.96. The van der Waals surface area contributed by atoms with Crippen LogP contribution in [0.25, 0.3) is 21.8 Å². The Balaban J connectivity index is 0.000000216. The molecule has 0 unspecified atom stereocenters. The largest absolute Gasteiger partial charge is 0.542 e. The lowest BCUT2D eigenvalue weighted by Gasteiger charge is -2.36. The molecule has 0 aliphatic rings. The fourth-order valence-electron chi connectivity index (χ4n) is 3.49. The Bertz CT molecular complexity index is 1470. The fraction of sp³-hybridized carbons (Fsp3) is 0.438. The molecular formula is C32H45BrN2O2Si2. The second-order valence-corrected chi connectivity index (χ2v) is 23.7. The second kappa shape index (κ2) is 11.3. The third kappa shape index (κ3) is 7.30. The molecule has 0 amide bonds. The molecule has 0 aliphatic heterocycles. The molecule has 0 spiro atoms. The van der Waals surface area contributed by atoms with E-state index in [0.29, 0.717) is 0 Å². The van der Waals surface area contributed by atoms with Crippen LogP contribution in [-0.2, 0) is 0 Å². The summed E-state index contributed by atoms with van der Waals surface area (Å²) in [6.45, 7) is 26.6. The van der Waals surface area contributed by atoms with E-state index < -0.39 is 16.6 Å². The SMILES string of the molecule is Cc1ccc2c(Br)ccc(O[Si](C)(C)C(C)(C)C)c2n1.Cc1ccc2cccc(O[Si](C)(C)C(C)(C)C)c2n1. The van der Waals surface area contributed by atoms with Crippen molar-refractivity contribution in [2.45, 2.75) is 91.7 Å². The van der Waals surface area contributed by atoms with E-state index in [-0.39, 0.29) is 10.1 Å². The molecule has 4 rings (SSSR count). The van der Waals surface area contributed by atoms with Crippen molar-refractivity contribution in [3.8, 4) is 11.5 Å². The number of para-hydroxylation sites is 1. The van der Waals surface area contributed by atoms with Crippen molar-refractivity contribution in [2.24, 2.45) is 0 Å². The Hall–Kier alpha value is -2.23. The maximum atomic E-state index is 6.45. The van der Waals surface area contributed by atoms with Crippen LogP contribution in [0.15, 0.2) is 59.1 Å². The summed E-state index contributed by atoms with van der Waals surface area (Å²) in [5, 5.41) is 2.61. The molecule has 7 heteroatoms. The number of nitrogens with zero attached hydrogens (tertiary/aromatic N) is 2. The summed E-state index contributed by atoms with van der Waals surface area (Å²) in [6.07, 6.45) is 0. The van der Waals surface area contributed by atoms with Gasteiger partial charge < -0.3 is 8.85 Å². The van der Waals surface area contributed by atoms with Crippen LogP contribution in [0.1, 0.15) is 52.9 Å². The Morgan fingerprint density at radius 1 is 0.615 bits per heavy atom. The Kier molecular flexibility index (Phi) is 9.10. The maximum Gasteiger partial charge on any atom is 0.250 e. The molecule has 4 aromatic rings. The molecule has 0 fully saturated rings. The number of aryl methyl sites for hydroxylation is 2. The lowest BCUT2D eigenvalue weighted by atomic mass is 10.2. The van der Waals surface area contributed by atoms with Crippen molar-refractivity contribution in [2.75, 3.05) is 0 Å². The van der Waals surface area contributed by atoms with E-state index in [0.717, 1.165) is 49.2 Å². The van der Waals surface area contributed by atoms with Crippen molar-refractivity contribution >= 4 is 54.4 Å². The summed E-state index contributed by atoms with van der Waals surface area (Å²) >= 11 is 3.59. The van der Waals surface area contributed by atoms with E-state index >= 15 is 0 Å². The zero-order valence-electron chi connectivity index (χ0n) is 25.8. The van der Waals surface area contributed by atoms with Gasteiger partial charge in [-0.25, -0.2) is 9.97 Å². The molecule has 0 radical (unpaired) electrons. The molecule has 4 nitrogen and oxygen atoms in total. The molecule has 0 aliphatic carbocycles. The first kappa shape index (κ1) is 31.3. The van der Waals surface area contributed by atoms with Crippen LogP contribution < -0.4 is 8.85 Å². The van der Waals surface area contributed by atoms with Crippen molar-refractivity contribution in [1.82, 2.24) is 9.97 Å². The van der Waals surface area contributed by atoms with E-state index in [2.05, 4.69) is 112 Å². The second-order valence-electron chi connectivity index (χ2n) is 13.4. The van der Waals surface area contributed by atoms with Crippen LogP contribution in [0.4, 0.5) is 0 Å². The molecule has 210 valence electrons. The van der Waals surface area contributed by atoms with Gasteiger partial charge in [0.1, 0.15) is 22.5 Å². The first-order valence-electron chi connectivity index (χ1n) is 13.6. The van der Waals surface area contributed by atoms with Gasteiger partial charge >= 0.3 is 0 Å².